The van der Waals surface area contributed by atoms with Gasteiger partial charge in [-0.05, 0) is 13.3 Å². The molecule has 0 saturated heterocycles. The average molecular weight is 420 g/mol. The summed E-state index contributed by atoms with van der Waals surface area (Å²) in [4.78, 5) is 14.1. The Hall–Kier alpha value is -2.00. The molecule has 0 saturated carbocycles. The number of nitrogens with one attached hydrogen (secondary N) is 2. The van der Waals surface area contributed by atoms with Crippen molar-refractivity contribution in [3.05, 3.63) is 27.7 Å². The minimum Gasteiger partial charge on any atom is -0.377 e. The molecule has 2 aromatic heterocycles. The average Bonchev–Trinajstić information content (AvgIpc) is 3.28. The van der Waals surface area contributed by atoms with Gasteiger partial charge < -0.3 is 15.4 Å². The zero-order valence-electron chi connectivity index (χ0n) is 18.2. The van der Waals surface area contributed by atoms with Gasteiger partial charge in [0.05, 0.1) is 17.2 Å². The normalized spacial score (nSPS) is 17.3. The molecule has 0 aromatic carbocycles. The lowest BCUT2D eigenvalue weighted by molar-refractivity contribution is 0.177. The molecule has 0 amide bonds. The number of aromatic nitrogens is 4. The first-order chi connectivity index (χ1) is 13.9. The molecule has 9 heteroatoms. The zero-order chi connectivity index (χ0) is 20.9. The highest BCUT2D eigenvalue weighted by Gasteiger charge is 2.22. The van der Waals surface area contributed by atoms with Gasteiger partial charge in [-0.3, -0.25) is 4.99 Å². The van der Waals surface area contributed by atoms with Gasteiger partial charge in [0.1, 0.15) is 12.4 Å². The molecule has 0 aliphatic carbocycles. The number of thiazole rings is 1. The van der Waals surface area contributed by atoms with Crippen molar-refractivity contribution in [3.8, 4) is 0 Å². The van der Waals surface area contributed by atoms with Crippen LogP contribution in [0.5, 0.6) is 0 Å². The van der Waals surface area contributed by atoms with Crippen molar-refractivity contribution in [3.63, 3.8) is 0 Å². The van der Waals surface area contributed by atoms with E-state index in [-0.39, 0.29) is 11.5 Å². The molecule has 3 rings (SSSR count). The summed E-state index contributed by atoms with van der Waals surface area (Å²) in [7, 11) is 1.67. The Labute approximate surface area is 177 Å². The predicted octanol–water partition coefficient (Wildman–Crippen LogP) is 2.29. The van der Waals surface area contributed by atoms with Crippen LogP contribution in [0.2, 0.25) is 0 Å². The lowest BCUT2D eigenvalue weighted by atomic mass is 9.93. The summed E-state index contributed by atoms with van der Waals surface area (Å²) in [5, 5.41) is 14.8. The summed E-state index contributed by atoms with van der Waals surface area (Å²) >= 11 is 1.73. The van der Waals surface area contributed by atoms with Crippen LogP contribution < -0.4 is 10.6 Å². The maximum atomic E-state index is 5.14. The van der Waals surface area contributed by atoms with Crippen LogP contribution in [0.4, 0.5) is 0 Å². The highest BCUT2D eigenvalue weighted by molar-refractivity contribution is 7.09. The van der Waals surface area contributed by atoms with Gasteiger partial charge in [-0.15, -0.1) is 11.3 Å². The third-order valence-corrected chi connectivity index (χ3v) is 5.68. The summed E-state index contributed by atoms with van der Waals surface area (Å²) in [6, 6.07) is 0.282. The number of nitrogens with zero attached hydrogens (tertiary/aromatic N) is 5. The SMILES string of the molecule is CCNC(=NCCc1nc(C(C)(C)C)cs1)NC1CCc2nc(COC)nn2C1. The second-order valence-corrected chi connectivity index (χ2v) is 9.27. The molecule has 160 valence electrons. The van der Waals surface area contributed by atoms with Gasteiger partial charge in [-0.2, -0.15) is 5.10 Å². The van der Waals surface area contributed by atoms with Crippen molar-refractivity contribution in [1.82, 2.24) is 30.4 Å². The van der Waals surface area contributed by atoms with E-state index in [0.29, 0.717) is 13.2 Å². The lowest BCUT2D eigenvalue weighted by Crippen LogP contribution is -2.47. The van der Waals surface area contributed by atoms with Crippen LogP contribution in [0.1, 0.15) is 56.5 Å². The van der Waals surface area contributed by atoms with Crippen LogP contribution in [-0.2, 0) is 36.1 Å². The maximum absolute atomic E-state index is 5.14. The van der Waals surface area contributed by atoms with E-state index in [0.717, 1.165) is 60.7 Å². The van der Waals surface area contributed by atoms with Crippen molar-refractivity contribution >= 4 is 17.3 Å². The van der Waals surface area contributed by atoms with E-state index in [1.54, 1.807) is 18.4 Å². The van der Waals surface area contributed by atoms with Gasteiger partial charge in [0.2, 0.25) is 0 Å². The molecule has 8 nitrogen and oxygen atoms in total. The van der Waals surface area contributed by atoms with E-state index in [1.807, 2.05) is 4.68 Å². The summed E-state index contributed by atoms with van der Waals surface area (Å²) in [6.07, 6.45) is 2.77. The Bertz CT molecular complexity index is 821. The van der Waals surface area contributed by atoms with Gasteiger partial charge in [-0.25, -0.2) is 14.6 Å². The van der Waals surface area contributed by atoms with Crippen LogP contribution in [-0.4, -0.2) is 51.9 Å². The number of guanidine groups is 1. The highest BCUT2D eigenvalue weighted by Crippen LogP contribution is 2.24. The van der Waals surface area contributed by atoms with Crippen LogP contribution >= 0.6 is 11.3 Å². The molecule has 1 aliphatic heterocycles. The Kier molecular flexibility index (Phi) is 7.23. The van der Waals surface area contributed by atoms with E-state index in [9.17, 15) is 0 Å². The predicted molar refractivity (Wildman–Crippen MR) is 116 cm³/mol. The number of rotatable bonds is 7. The molecule has 2 aromatic rings. The van der Waals surface area contributed by atoms with Crippen molar-refractivity contribution < 1.29 is 4.74 Å². The van der Waals surface area contributed by atoms with Crippen molar-refractivity contribution in [1.29, 1.82) is 0 Å². The molecule has 1 aliphatic rings. The fourth-order valence-corrected chi connectivity index (χ4v) is 4.23. The minimum absolute atomic E-state index is 0.0960. The van der Waals surface area contributed by atoms with E-state index in [4.69, 9.17) is 14.7 Å². The number of hydrogen-bond donors (Lipinski definition) is 2. The van der Waals surface area contributed by atoms with E-state index in [2.05, 4.69) is 53.8 Å². The number of hydrogen-bond acceptors (Lipinski definition) is 6. The van der Waals surface area contributed by atoms with Gasteiger partial charge in [0, 0.05) is 49.9 Å². The van der Waals surface area contributed by atoms with Crippen molar-refractivity contribution in [2.75, 3.05) is 20.2 Å². The Balaban J connectivity index is 1.56. The second kappa shape index (κ2) is 9.67. The van der Waals surface area contributed by atoms with E-state index < -0.39 is 0 Å². The first kappa shape index (κ1) is 21.7. The number of fused-ring (bicyclic) bond motifs is 1. The van der Waals surface area contributed by atoms with Gasteiger partial charge in [0.25, 0.3) is 0 Å². The third-order valence-electron chi connectivity index (χ3n) is 4.78. The molecule has 0 bridgehead atoms. The Morgan fingerprint density at radius 3 is 2.90 bits per heavy atom. The molecular weight excluding hydrogens is 386 g/mol. The molecule has 1 atom stereocenters. The standard InChI is InChI=1S/C20H33N7OS/c1-6-21-19(22-10-9-18-24-15(13-29-18)20(2,3)4)23-14-7-8-17-25-16(12-28-5)26-27(17)11-14/h13-14H,6-12H2,1-5H3,(H2,21,22,23). The highest BCUT2D eigenvalue weighted by atomic mass is 32.1. The number of aryl methyl sites for hydroxylation is 1. The van der Waals surface area contributed by atoms with Crippen LogP contribution in [0.15, 0.2) is 10.4 Å². The zero-order valence-corrected chi connectivity index (χ0v) is 19.0. The molecule has 0 radical (unpaired) electrons. The van der Waals surface area contributed by atoms with Gasteiger partial charge >= 0.3 is 0 Å². The van der Waals surface area contributed by atoms with Crippen molar-refractivity contribution in [2.24, 2.45) is 4.99 Å². The number of ether oxygens (including phenoxy) is 1. The number of methoxy groups -OCH3 is 1. The molecule has 3 heterocycles. The molecule has 0 fully saturated rings. The molecule has 2 N–H and O–H groups in total. The fraction of sp³-hybridized carbons (Fsp3) is 0.700. The van der Waals surface area contributed by atoms with E-state index >= 15 is 0 Å². The monoisotopic (exact) mass is 419 g/mol. The second-order valence-electron chi connectivity index (χ2n) is 8.33. The molecule has 29 heavy (non-hydrogen) atoms. The summed E-state index contributed by atoms with van der Waals surface area (Å²) < 4.78 is 7.13. The first-order valence-electron chi connectivity index (χ1n) is 10.3. The van der Waals surface area contributed by atoms with E-state index in [1.165, 1.54) is 0 Å². The van der Waals surface area contributed by atoms with Crippen molar-refractivity contribution in [2.45, 2.75) is 71.6 Å². The number of aliphatic imine (C=N–C) groups is 1. The lowest BCUT2D eigenvalue weighted by Gasteiger charge is -2.25. The first-order valence-corrected chi connectivity index (χ1v) is 11.2. The minimum atomic E-state index is 0.0960. The maximum Gasteiger partial charge on any atom is 0.191 e. The summed E-state index contributed by atoms with van der Waals surface area (Å²) in [5.74, 6) is 2.64. The Morgan fingerprint density at radius 1 is 1.38 bits per heavy atom. The molecule has 1 unspecified atom stereocenters. The van der Waals surface area contributed by atoms with Crippen LogP contribution in [0.25, 0.3) is 0 Å². The van der Waals surface area contributed by atoms with Crippen LogP contribution in [0.3, 0.4) is 0 Å². The summed E-state index contributed by atoms with van der Waals surface area (Å²) in [6.45, 7) is 11.5. The third kappa shape index (κ3) is 5.99. The largest absolute Gasteiger partial charge is 0.377 e. The molecule has 0 spiro atoms. The smallest absolute Gasteiger partial charge is 0.191 e. The summed E-state index contributed by atoms with van der Waals surface area (Å²) in [5.41, 5.74) is 1.25. The van der Waals surface area contributed by atoms with Crippen LogP contribution in [0, 0.1) is 0 Å². The van der Waals surface area contributed by atoms with Gasteiger partial charge in [-0.1, -0.05) is 20.8 Å². The fourth-order valence-electron chi connectivity index (χ4n) is 3.22. The topological polar surface area (TPSA) is 89.2 Å². The Morgan fingerprint density at radius 2 is 2.21 bits per heavy atom. The molecular formula is C20H33N7OS. The quantitative estimate of drug-likeness (QED) is 0.529. The van der Waals surface area contributed by atoms with Gasteiger partial charge in [0.15, 0.2) is 11.8 Å².